The number of ether oxygens (including phenoxy) is 1. The van der Waals surface area contributed by atoms with Gasteiger partial charge in [0.1, 0.15) is 12.1 Å². The molecule has 10 nitrogen and oxygen atoms in total. The number of hydrogen-bond acceptors (Lipinski definition) is 5. The largest absolute Gasteiger partial charge is 0.465 e. The van der Waals surface area contributed by atoms with Crippen LogP contribution in [-0.4, -0.2) is 101 Å². The first-order valence-corrected chi connectivity index (χ1v) is 11.8. The maximum absolute atomic E-state index is 13.3. The molecule has 1 saturated carbocycles. The molecule has 0 spiro atoms. The van der Waals surface area contributed by atoms with E-state index in [4.69, 9.17) is 4.74 Å². The van der Waals surface area contributed by atoms with E-state index in [1.165, 1.54) is 0 Å². The van der Waals surface area contributed by atoms with E-state index in [1.807, 2.05) is 11.8 Å². The summed E-state index contributed by atoms with van der Waals surface area (Å²) >= 11 is 0. The first-order chi connectivity index (χ1) is 15.3. The molecule has 1 aliphatic carbocycles. The lowest BCUT2D eigenvalue weighted by atomic mass is 9.96. The van der Waals surface area contributed by atoms with Crippen molar-refractivity contribution in [3.05, 3.63) is 0 Å². The average Bonchev–Trinajstić information content (AvgIpc) is 3.28. The number of likely N-dealkylation sites (tertiary alicyclic amines) is 1. The van der Waals surface area contributed by atoms with Crippen molar-refractivity contribution in [2.45, 2.75) is 63.3 Å². The molecule has 5 aliphatic rings. The predicted molar refractivity (Wildman–Crippen MR) is 111 cm³/mol. The molecular weight excluding hydrogens is 416 g/mol. The van der Waals surface area contributed by atoms with Gasteiger partial charge in [-0.15, -0.1) is 0 Å². The van der Waals surface area contributed by atoms with Crippen molar-refractivity contribution in [1.29, 1.82) is 0 Å². The molecule has 176 valence electrons. The highest BCUT2D eigenvalue weighted by Crippen LogP contribution is 2.49. The summed E-state index contributed by atoms with van der Waals surface area (Å²) in [6, 6.07) is -1.34. The van der Waals surface area contributed by atoms with E-state index in [0.717, 1.165) is 19.3 Å². The van der Waals surface area contributed by atoms with Crippen LogP contribution in [0, 0.1) is 17.8 Å². The SMILES string of the molecule is C[C@@H]1CN(C(=O)C2CN(C(=O)[C@@H]3CC[C@@H]4C[C@H]5C[C@H]5C[C@H](NC(=O)O)C(=O)N43)C2)CCO1. The molecular formula is C22H32N4O6. The van der Waals surface area contributed by atoms with Crippen LogP contribution in [0.1, 0.15) is 39.0 Å². The lowest BCUT2D eigenvalue weighted by Gasteiger charge is -2.44. The minimum Gasteiger partial charge on any atom is -0.465 e. The van der Waals surface area contributed by atoms with Crippen LogP contribution in [0.3, 0.4) is 0 Å². The van der Waals surface area contributed by atoms with Crippen molar-refractivity contribution in [3.8, 4) is 0 Å². The predicted octanol–water partition coefficient (Wildman–Crippen LogP) is 0.118. The van der Waals surface area contributed by atoms with Crippen LogP contribution in [0.2, 0.25) is 0 Å². The minimum absolute atomic E-state index is 0.00149. The first kappa shape index (κ1) is 21.5. The summed E-state index contributed by atoms with van der Waals surface area (Å²) in [7, 11) is 0. The van der Waals surface area contributed by atoms with Crippen LogP contribution in [0.4, 0.5) is 4.79 Å². The standard InChI is InChI=1S/C22H32N4O6/c1-12-9-24(4-5-32-12)19(27)15-10-25(11-15)21(29)18-3-2-16-7-13-6-14(13)8-17(23-22(30)31)20(28)26(16)18/h12-18,23H,2-11H2,1H3,(H,30,31)/t12-,13-,14+,16-,17+,18+/m1/s1. The van der Waals surface area contributed by atoms with Crippen LogP contribution in [0.5, 0.6) is 0 Å². The first-order valence-electron chi connectivity index (χ1n) is 11.8. The van der Waals surface area contributed by atoms with Crippen LogP contribution >= 0.6 is 0 Å². The van der Waals surface area contributed by atoms with Crippen molar-refractivity contribution in [3.63, 3.8) is 0 Å². The molecule has 2 N–H and O–H groups in total. The summed E-state index contributed by atoms with van der Waals surface area (Å²) in [6.07, 6.45) is 2.63. The Morgan fingerprint density at radius 2 is 1.75 bits per heavy atom. The lowest BCUT2D eigenvalue weighted by molar-refractivity contribution is -0.158. The van der Waals surface area contributed by atoms with Gasteiger partial charge in [-0.3, -0.25) is 14.4 Å². The summed E-state index contributed by atoms with van der Waals surface area (Å²) in [5, 5.41) is 11.6. The second-order valence-corrected chi connectivity index (χ2v) is 10.1. The molecule has 32 heavy (non-hydrogen) atoms. The molecule has 4 amide bonds. The van der Waals surface area contributed by atoms with E-state index in [0.29, 0.717) is 57.5 Å². The lowest BCUT2D eigenvalue weighted by Crippen LogP contribution is -2.63. The smallest absolute Gasteiger partial charge is 0.405 e. The van der Waals surface area contributed by atoms with Gasteiger partial charge in [-0.05, 0) is 50.9 Å². The van der Waals surface area contributed by atoms with Crippen molar-refractivity contribution in [1.82, 2.24) is 20.0 Å². The van der Waals surface area contributed by atoms with Gasteiger partial charge in [-0.25, -0.2) is 4.79 Å². The Hall–Kier alpha value is -2.36. The number of fused-ring (bicyclic) bond motifs is 2. The van der Waals surface area contributed by atoms with E-state index < -0.39 is 18.2 Å². The van der Waals surface area contributed by atoms with Gasteiger partial charge in [0.15, 0.2) is 0 Å². The van der Waals surface area contributed by atoms with Crippen LogP contribution in [-0.2, 0) is 19.1 Å². The van der Waals surface area contributed by atoms with Gasteiger partial charge < -0.3 is 29.9 Å². The fraction of sp³-hybridized carbons (Fsp3) is 0.818. The molecule has 10 heteroatoms. The Labute approximate surface area is 187 Å². The second kappa shape index (κ2) is 8.20. The Morgan fingerprint density at radius 3 is 2.47 bits per heavy atom. The van der Waals surface area contributed by atoms with Crippen molar-refractivity contribution < 1.29 is 29.0 Å². The van der Waals surface area contributed by atoms with Crippen molar-refractivity contribution >= 4 is 23.8 Å². The van der Waals surface area contributed by atoms with Gasteiger partial charge in [-0.1, -0.05) is 0 Å². The zero-order valence-corrected chi connectivity index (χ0v) is 18.4. The molecule has 6 atom stereocenters. The van der Waals surface area contributed by atoms with E-state index in [2.05, 4.69) is 5.32 Å². The zero-order valence-electron chi connectivity index (χ0n) is 18.4. The van der Waals surface area contributed by atoms with Gasteiger partial charge in [0.25, 0.3) is 0 Å². The summed E-state index contributed by atoms with van der Waals surface area (Å²) in [4.78, 5) is 55.8. The quantitative estimate of drug-likeness (QED) is 0.633. The maximum atomic E-state index is 13.3. The van der Waals surface area contributed by atoms with E-state index >= 15 is 0 Å². The molecule has 4 heterocycles. The molecule has 4 saturated heterocycles. The number of nitrogens with zero attached hydrogens (tertiary/aromatic N) is 3. The van der Waals surface area contributed by atoms with E-state index in [9.17, 15) is 24.3 Å². The summed E-state index contributed by atoms with van der Waals surface area (Å²) in [5.74, 6) is 0.415. The summed E-state index contributed by atoms with van der Waals surface area (Å²) < 4.78 is 5.50. The molecule has 4 aliphatic heterocycles. The normalized spacial score (nSPS) is 37.0. The zero-order chi connectivity index (χ0) is 22.6. The molecule has 0 aromatic heterocycles. The van der Waals surface area contributed by atoms with E-state index in [-0.39, 0.29) is 35.8 Å². The Balaban J connectivity index is 1.23. The molecule has 0 bridgehead atoms. The number of carbonyl (C=O) groups excluding carboxylic acids is 3. The molecule has 0 radical (unpaired) electrons. The fourth-order valence-electron chi connectivity index (χ4n) is 6.08. The van der Waals surface area contributed by atoms with Crippen LogP contribution in [0.25, 0.3) is 0 Å². The third-order valence-electron chi connectivity index (χ3n) is 7.92. The topological polar surface area (TPSA) is 119 Å². The number of morpholine rings is 1. The molecule has 0 aromatic carbocycles. The molecule has 5 rings (SSSR count). The average molecular weight is 449 g/mol. The van der Waals surface area contributed by atoms with Crippen molar-refractivity contribution in [2.24, 2.45) is 17.8 Å². The van der Waals surface area contributed by atoms with Crippen molar-refractivity contribution in [2.75, 3.05) is 32.8 Å². The third kappa shape index (κ3) is 3.93. The fourth-order valence-corrected chi connectivity index (χ4v) is 6.08. The number of nitrogens with one attached hydrogen (secondary N) is 1. The van der Waals surface area contributed by atoms with Gasteiger partial charge in [-0.2, -0.15) is 0 Å². The number of rotatable bonds is 3. The van der Waals surface area contributed by atoms with E-state index in [1.54, 1.807) is 9.80 Å². The van der Waals surface area contributed by atoms with Gasteiger partial charge in [0, 0.05) is 32.2 Å². The van der Waals surface area contributed by atoms with Crippen LogP contribution < -0.4 is 5.32 Å². The molecule has 0 aromatic rings. The third-order valence-corrected chi connectivity index (χ3v) is 7.92. The Morgan fingerprint density at radius 1 is 1.00 bits per heavy atom. The highest BCUT2D eigenvalue weighted by molar-refractivity contribution is 5.93. The Kier molecular flexibility index (Phi) is 5.51. The number of hydrogen-bond donors (Lipinski definition) is 2. The number of amides is 4. The highest BCUT2D eigenvalue weighted by atomic mass is 16.5. The summed E-state index contributed by atoms with van der Waals surface area (Å²) in [6.45, 7) is 4.41. The number of carboxylic acid groups (broad SMARTS) is 1. The highest BCUT2D eigenvalue weighted by Gasteiger charge is 2.52. The molecule has 5 fully saturated rings. The monoisotopic (exact) mass is 448 g/mol. The number of carbonyl (C=O) groups is 4. The van der Waals surface area contributed by atoms with Gasteiger partial charge in [0.05, 0.1) is 18.6 Å². The van der Waals surface area contributed by atoms with Gasteiger partial charge >= 0.3 is 6.09 Å². The molecule has 0 unspecified atom stereocenters. The minimum atomic E-state index is -1.21. The van der Waals surface area contributed by atoms with Gasteiger partial charge in [0.2, 0.25) is 17.7 Å². The summed E-state index contributed by atoms with van der Waals surface area (Å²) in [5.41, 5.74) is 0. The maximum Gasteiger partial charge on any atom is 0.405 e. The second-order valence-electron chi connectivity index (χ2n) is 10.1. The Bertz CT molecular complexity index is 814. The van der Waals surface area contributed by atoms with Crippen LogP contribution in [0.15, 0.2) is 0 Å².